The Kier molecular flexibility index (Phi) is 5.57. The normalized spacial score (nSPS) is 19.0. The number of sulfonamides is 1. The molecule has 2 aromatic rings. The van der Waals surface area contributed by atoms with E-state index in [1.807, 2.05) is 14.0 Å². The number of nitrogens with one attached hydrogen (secondary N) is 1. The van der Waals surface area contributed by atoms with E-state index in [0.717, 1.165) is 5.76 Å². The Labute approximate surface area is 159 Å². The number of hydrogen-bond acceptors (Lipinski definition) is 7. The summed E-state index contributed by atoms with van der Waals surface area (Å²) in [7, 11) is -1.56. The molecule has 8 nitrogen and oxygen atoms in total. The van der Waals surface area contributed by atoms with Crippen LogP contribution in [0.2, 0.25) is 0 Å². The molecule has 3 heterocycles. The number of aryl methyl sites for hydroxylation is 1. The quantitative estimate of drug-likeness (QED) is 0.760. The van der Waals surface area contributed by atoms with E-state index in [-0.39, 0.29) is 11.4 Å². The first kappa shape index (κ1) is 19.8. The van der Waals surface area contributed by atoms with Crippen molar-refractivity contribution in [2.24, 2.45) is 0 Å². The summed E-state index contributed by atoms with van der Waals surface area (Å²) in [4.78, 5) is 6.46. The number of rotatable bonds is 6. The molecule has 0 bridgehead atoms. The molecule has 2 N–H and O–H groups in total. The van der Waals surface area contributed by atoms with Crippen molar-refractivity contribution in [2.75, 3.05) is 45.1 Å². The van der Waals surface area contributed by atoms with Crippen LogP contribution in [0.25, 0.3) is 0 Å². The minimum absolute atomic E-state index is 0.172. The molecule has 0 saturated carbocycles. The fraction of sp³-hybridized carbons (Fsp3) is 0.500. The Hall–Kier alpha value is -1.94. The largest absolute Gasteiger partial charge is 0.463 e. The van der Waals surface area contributed by atoms with Gasteiger partial charge in [0.2, 0.25) is 10.0 Å². The number of likely N-dealkylation sites (N-methyl/N-ethyl adjacent to an activating group) is 1. The van der Waals surface area contributed by atoms with Crippen LogP contribution >= 0.6 is 0 Å². The second-order valence-electron chi connectivity index (χ2n) is 7.12. The number of aromatic nitrogens is 1. The van der Waals surface area contributed by atoms with Crippen LogP contribution in [0.3, 0.4) is 0 Å². The smallest absolute Gasteiger partial charge is 0.244 e. The van der Waals surface area contributed by atoms with Crippen LogP contribution in [0.4, 0.5) is 5.82 Å². The Morgan fingerprint density at radius 2 is 1.93 bits per heavy atom. The van der Waals surface area contributed by atoms with Gasteiger partial charge in [-0.05, 0) is 45.2 Å². The van der Waals surface area contributed by atoms with Gasteiger partial charge in [-0.15, -0.1) is 0 Å². The molecule has 9 heteroatoms. The Morgan fingerprint density at radius 3 is 2.48 bits per heavy atom. The molecule has 1 aliphatic rings. The van der Waals surface area contributed by atoms with Gasteiger partial charge in [0.15, 0.2) is 0 Å². The molecule has 2 aromatic heterocycles. The van der Waals surface area contributed by atoms with Crippen LogP contribution in [-0.4, -0.2) is 67.5 Å². The molecule has 3 rings (SSSR count). The molecule has 27 heavy (non-hydrogen) atoms. The standard InChI is InChI=1S/C18H26N4O4S/c1-14-4-6-16(26-14)18(2,23)13-20-17-7-5-15(12-19-17)27(24,25)22-10-8-21(3)9-11-22/h4-7,12,23H,8-11,13H2,1-3H3,(H,19,20). The van der Waals surface area contributed by atoms with Gasteiger partial charge in [-0.25, -0.2) is 13.4 Å². The summed E-state index contributed by atoms with van der Waals surface area (Å²) >= 11 is 0. The van der Waals surface area contributed by atoms with E-state index in [1.165, 1.54) is 16.6 Å². The maximum absolute atomic E-state index is 12.7. The molecular formula is C18H26N4O4S. The Bertz CT molecular complexity index is 869. The zero-order valence-corrected chi connectivity index (χ0v) is 16.7. The van der Waals surface area contributed by atoms with Crippen LogP contribution in [-0.2, 0) is 15.6 Å². The third-order valence-corrected chi connectivity index (χ3v) is 6.60. The number of piperazine rings is 1. The van der Waals surface area contributed by atoms with Crippen LogP contribution < -0.4 is 5.32 Å². The highest BCUT2D eigenvalue weighted by molar-refractivity contribution is 7.89. The first-order chi connectivity index (χ1) is 12.7. The van der Waals surface area contributed by atoms with E-state index in [0.29, 0.717) is 37.8 Å². The summed E-state index contributed by atoms with van der Waals surface area (Å²) in [5, 5.41) is 13.6. The summed E-state index contributed by atoms with van der Waals surface area (Å²) < 4.78 is 32.4. The van der Waals surface area contributed by atoms with Crippen molar-refractivity contribution in [3.05, 3.63) is 42.0 Å². The van der Waals surface area contributed by atoms with Gasteiger partial charge in [-0.1, -0.05) is 0 Å². The molecule has 1 unspecified atom stereocenters. The SMILES string of the molecule is Cc1ccc(C(C)(O)CNc2ccc(S(=O)(=O)N3CCN(C)CC3)cn2)o1. The summed E-state index contributed by atoms with van der Waals surface area (Å²) in [6.07, 6.45) is 1.35. The number of hydrogen-bond donors (Lipinski definition) is 2. The summed E-state index contributed by atoms with van der Waals surface area (Å²) in [6.45, 7) is 6.02. The monoisotopic (exact) mass is 394 g/mol. The zero-order valence-electron chi connectivity index (χ0n) is 15.8. The fourth-order valence-corrected chi connectivity index (χ4v) is 4.26. The molecule has 0 amide bonds. The van der Waals surface area contributed by atoms with Crippen LogP contribution in [0.1, 0.15) is 18.4 Å². The Balaban J connectivity index is 1.65. The fourth-order valence-electron chi connectivity index (χ4n) is 2.89. The lowest BCUT2D eigenvalue weighted by Crippen LogP contribution is -2.47. The van der Waals surface area contributed by atoms with Crippen LogP contribution in [0.5, 0.6) is 0 Å². The molecule has 1 fully saturated rings. The third kappa shape index (κ3) is 4.49. The van der Waals surface area contributed by atoms with Gasteiger partial charge < -0.3 is 19.7 Å². The van der Waals surface area contributed by atoms with Gasteiger partial charge in [-0.2, -0.15) is 4.31 Å². The second-order valence-corrected chi connectivity index (χ2v) is 9.06. The molecule has 0 spiro atoms. The summed E-state index contributed by atoms with van der Waals surface area (Å²) in [5.41, 5.74) is -1.21. The average molecular weight is 394 g/mol. The molecule has 0 radical (unpaired) electrons. The lowest BCUT2D eigenvalue weighted by molar-refractivity contribution is 0.0467. The van der Waals surface area contributed by atoms with Crippen molar-refractivity contribution >= 4 is 15.8 Å². The first-order valence-corrected chi connectivity index (χ1v) is 10.3. The topological polar surface area (TPSA) is 98.9 Å². The van der Waals surface area contributed by atoms with Crippen LogP contribution in [0, 0.1) is 6.92 Å². The summed E-state index contributed by atoms with van der Waals surface area (Å²) in [5.74, 6) is 1.67. The minimum atomic E-state index is -3.53. The second kappa shape index (κ2) is 7.59. The van der Waals surface area contributed by atoms with Crippen molar-refractivity contribution < 1.29 is 17.9 Å². The maximum atomic E-state index is 12.7. The van der Waals surface area contributed by atoms with Crippen molar-refractivity contribution in [3.63, 3.8) is 0 Å². The van der Waals surface area contributed by atoms with Crippen molar-refractivity contribution in [2.45, 2.75) is 24.3 Å². The number of aliphatic hydroxyl groups is 1. The summed E-state index contributed by atoms with van der Waals surface area (Å²) in [6, 6.07) is 6.66. The van der Waals surface area contributed by atoms with Crippen LogP contribution in [0.15, 0.2) is 39.8 Å². The highest BCUT2D eigenvalue weighted by Gasteiger charge is 2.29. The van der Waals surface area contributed by atoms with E-state index >= 15 is 0 Å². The molecular weight excluding hydrogens is 368 g/mol. The van der Waals surface area contributed by atoms with Gasteiger partial charge >= 0.3 is 0 Å². The molecule has 1 saturated heterocycles. The Morgan fingerprint density at radius 1 is 1.22 bits per heavy atom. The van der Waals surface area contributed by atoms with Crippen molar-refractivity contribution in [3.8, 4) is 0 Å². The zero-order chi connectivity index (χ0) is 19.7. The number of pyridine rings is 1. The minimum Gasteiger partial charge on any atom is -0.463 e. The van der Waals surface area contributed by atoms with Gasteiger partial charge in [-0.3, -0.25) is 0 Å². The first-order valence-electron chi connectivity index (χ1n) is 8.86. The molecule has 1 atom stereocenters. The highest BCUT2D eigenvalue weighted by Crippen LogP contribution is 2.24. The van der Waals surface area contributed by atoms with Crippen molar-refractivity contribution in [1.82, 2.24) is 14.2 Å². The maximum Gasteiger partial charge on any atom is 0.244 e. The van der Waals surface area contributed by atoms with E-state index < -0.39 is 15.6 Å². The number of furan rings is 1. The lowest BCUT2D eigenvalue weighted by atomic mass is 10.0. The van der Waals surface area contributed by atoms with Gasteiger partial charge in [0.05, 0.1) is 6.54 Å². The van der Waals surface area contributed by atoms with E-state index in [9.17, 15) is 13.5 Å². The van der Waals surface area contributed by atoms with Crippen molar-refractivity contribution in [1.29, 1.82) is 0 Å². The predicted octanol–water partition coefficient (Wildman–Crippen LogP) is 1.24. The van der Waals surface area contributed by atoms with Gasteiger partial charge in [0.25, 0.3) is 0 Å². The van der Waals surface area contributed by atoms with Gasteiger partial charge in [0.1, 0.15) is 27.8 Å². The molecule has 148 valence electrons. The molecule has 0 aliphatic carbocycles. The van der Waals surface area contributed by atoms with E-state index in [1.54, 1.807) is 25.1 Å². The highest BCUT2D eigenvalue weighted by atomic mass is 32.2. The predicted molar refractivity (Wildman–Crippen MR) is 102 cm³/mol. The third-order valence-electron chi connectivity index (χ3n) is 4.72. The van der Waals surface area contributed by atoms with E-state index in [4.69, 9.17) is 4.42 Å². The molecule has 0 aromatic carbocycles. The van der Waals surface area contributed by atoms with Gasteiger partial charge in [0, 0.05) is 32.4 Å². The number of nitrogens with zero attached hydrogens (tertiary/aromatic N) is 3. The number of anilines is 1. The average Bonchev–Trinajstić information content (AvgIpc) is 3.08. The lowest BCUT2D eigenvalue weighted by Gasteiger charge is -2.31. The van der Waals surface area contributed by atoms with E-state index in [2.05, 4.69) is 15.2 Å². The molecule has 1 aliphatic heterocycles.